The molecular formula is C14H14Cl2N2O. The Labute approximate surface area is 122 Å². The molecule has 0 spiro atoms. The Morgan fingerprint density at radius 3 is 2.26 bits per heavy atom. The number of hydrogen-bond acceptors (Lipinski definition) is 3. The first-order valence-electron chi connectivity index (χ1n) is 5.67. The van der Waals surface area contributed by atoms with E-state index in [-0.39, 0.29) is 0 Å². The van der Waals surface area contributed by atoms with Gasteiger partial charge in [-0.25, -0.2) is 0 Å². The third-order valence-corrected chi connectivity index (χ3v) is 3.18. The van der Waals surface area contributed by atoms with Crippen LogP contribution in [0, 0.1) is 0 Å². The summed E-state index contributed by atoms with van der Waals surface area (Å²) in [5.74, 6) is 1.34. The molecule has 2 N–H and O–H groups in total. The summed E-state index contributed by atoms with van der Waals surface area (Å²) in [5, 5.41) is 1.17. The highest BCUT2D eigenvalue weighted by molar-refractivity contribution is 6.33. The van der Waals surface area contributed by atoms with Gasteiger partial charge in [0.05, 0.1) is 16.4 Å². The molecule has 0 amide bonds. The van der Waals surface area contributed by atoms with Gasteiger partial charge in [-0.3, -0.25) is 0 Å². The molecule has 2 aromatic rings. The van der Waals surface area contributed by atoms with Crippen LogP contribution in [0.2, 0.25) is 10.0 Å². The van der Waals surface area contributed by atoms with Crippen LogP contribution in [-0.2, 0) is 0 Å². The summed E-state index contributed by atoms with van der Waals surface area (Å²) in [6.45, 7) is 0. The minimum atomic E-state index is 0.483. The molecule has 5 heteroatoms. The Bertz CT molecular complexity index is 583. The maximum Gasteiger partial charge on any atom is 0.152 e. The molecule has 2 rings (SSSR count). The van der Waals surface area contributed by atoms with Gasteiger partial charge in [0.15, 0.2) is 5.75 Å². The zero-order valence-electron chi connectivity index (χ0n) is 10.7. The monoisotopic (exact) mass is 296 g/mol. The minimum Gasteiger partial charge on any atom is -0.455 e. The Morgan fingerprint density at radius 2 is 1.68 bits per heavy atom. The lowest BCUT2D eigenvalue weighted by molar-refractivity contribution is 0.483. The molecule has 0 aliphatic heterocycles. The number of nitrogens with zero attached hydrogens (tertiary/aromatic N) is 1. The third kappa shape index (κ3) is 3.25. The molecule has 0 aliphatic carbocycles. The van der Waals surface area contributed by atoms with Crippen molar-refractivity contribution in [2.24, 2.45) is 0 Å². The van der Waals surface area contributed by atoms with Crippen molar-refractivity contribution in [2.75, 3.05) is 24.7 Å². The average molecular weight is 297 g/mol. The largest absolute Gasteiger partial charge is 0.455 e. The molecule has 100 valence electrons. The molecule has 0 aromatic heterocycles. The Hall–Kier alpha value is -1.58. The summed E-state index contributed by atoms with van der Waals surface area (Å²) < 4.78 is 5.82. The molecule has 2 aromatic carbocycles. The molecule has 0 unspecified atom stereocenters. The minimum absolute atomic E-state index is 0.483. The van der Waals surface area contributed by atoms with Crippen molar-refractivity contribution in [1.82, 2.24) is 0 Å². The van der Waals surface area contributed by atoms with Gasteiger partial charge in [-0.05, 0) is 30.3 Å². The van der Waals surface area contributed by atoms with E-state index in [2.05, 4.69) is 0 Å². The van der Waals surface area contributed by atoms with Crippen LogP contribution in [0.4, 0.5) is 11.4 Å². The van der Waals surface area contributed by atoms with Gasteiger partial charge in [-0.2, -0.15) is 0 Å². The highest BCUT2D eigenvalue weighted by atomic mass is 35.5. The normalized spacial score (nSPS) is 10.3. The summed E-state index contributed by atoms with van der Waals surface area (Å²) in [7, 11) is 3.83. The van der Waals surface area contributed by atoms with E-state index in [1.54, 1.807) is 36.4 Å². The second-order valence-corrected chi connectivity index (χ2v) is 5.14. The van der Waals surface area contributed by atoms with E-state index in [9.17, 15) is 0 Å². The molecule has 0 fully saturated rings. The fourth-order valence-corrected chi connectivity index (χ4v) is 1.90. The predicted molar refractivity (Wildman–Crippen MR) is 81.7 cm³/mol. The first-order chi connectivity index (χ1) is 8.97. The van der Waals surface area contributed by atoms with Crippen molar-refractivity contribution in [2.45, 2.75) is 0 Å². The van der Waals surface area contributed by atoms with Crippen molar-refractivity contribution in [3.8, 4) is 11.5 Å². The van der Waals surface area contributed by atoms with Crippen molar-refractivity contribution in [3.05, 3.63) is 46.4 Å². The van der Waals surface area contributed by atoms with E-state index in [0.29, 0.717) is 27.2 Å². The number of ether oxygens (including phenoxy) is 1. The first kappa shape index (κ1) is 13.8. The Morgan fingerprint density at radius 1 is 1.05 bits per heavy atom. The molecule has 3 nitrogen and oxygen atoms in total. The van der Waals surface area contributed by atoms with Crippen LogP contribution < -0.4 is 15.4 Å². The molecule has 0 radical (unpaired) electrons. The number of hydrogen-bond donors (Lipinski definition) is 1. The molecular weight excluding hydrogens is 283 g/mol. The molecule has 0 aliphatic rings. The predicted octanol–water partition coefficient (Wildman–Crippen LogP) is 4.43. The molecule has 0 bridgehead atoms. The first-order valence-corrected chi connectivity index (χ1v) is 6.42. The molecule has 0 heterocycles. The van der Waals surface area contributed by atoms with E-state index in [0.717, 1.165) is 5.69 Å². The fraction of sp³-hybridized carbons (Fsp3) is 0.143. The smallest absolute Gasteiger partial charge is 0.152 e. The van der Waals surface area contributed by atoms with Crippen LogP contribution in [0.3, 0.4) is 0 Å². The third-order valence-electron chi connectivity index (χ3n) is 2.60. The number of anilines is 2. The van der Waals surface area contributed by atoms with Gasteiger partial charge in [-0.15, -0.1) is 0 Å². The van der Waals surface area contributed by atoms with Gasteiger partial charge < -0.3 is 15.4 Å². The van der Waals surface area contributed by atoms with Crippen LogP contribution in [0.25, 0.3) is 0 Å². The van der Waals surface area contributed by atoms with Crippen LogP contribution in [0.5, 0.6) is 11.5 Å². The summed E-state index contributed by atoms with van der Waals surface area (Å²) in [6.07, 6.45) is 0. The van der Waals surface area contributed by atoms with Crippen molar-refractivity contribution < 1.29 is 4.74 Å². The fourth-order valence-electron chi connectivity index (χ4n) is 1.62. The number of nitrogens with two attached hydrogens (primary N) is 1. The number of benzene rings is 2. The van der Waals surface area contributed by atoms with E-state index < -0.39 is 0 Å². The van der Waals surface area contributed by atoms with Gasteiger partial charge >= 0.3 is 0 Å². The van der Waals surface area contributed by atoms with E-state index in [1.807, 2.05) is 19.0 Å². The summed E-state index contributed by atoms with van der Waals surface area (Å²) in [6, 6.07) is 10.6. The van der Waals surface area contributed by atoms with Crippen LogP contribution in [0.1, 0.15) is 0 Å². The zero-order chi connectivity index (χ0) is 14.0. The maximum atomic E-state index is 6.03. The lowest BCUT2D eigenvalue weighted by Crippen LogP contribution is -2.10. The van der Waals surface area contributed by atoms with Gasteiger partial charge in [-0.1, -0.05) is 23.2 Å². The summed E-state index contributed by atoms with van der Waals surface area (Å²) in [5.41, 5.74) is 7.15. The van der Waals surface area contributed by atoms with E-state index >= 15 is 0 Å². The van der Waals surface area contributed by atoms with Crippen LogP contribution in [-0.4, -0.2) is 14.1 Å². The lowest BCUT2D eigenvalue weighted by atomic mass is 10.2. The Balaban J connectivity index is 2.38. The molecule has 0 saturated carbocycles. The molecule has 0 saturated heterocycles. The zero-order valence-corrected chi connectivity index (χ0v) is 12.2. The maximum absolute atomic E-state index is 6.03. The molecule has 19 heavy (non-hydrogen) atoms. The second kappa shape index (κ2) is 5.59. The van der Waals surface area contributed by atoms with Gasteiger partial charge in [0.25, 0.3) is 0 Å². The van der Waals surface area contributed by atoms with Gasteiger partial charge in [0.2, 0.25) is 0 Å². The number of rotatable bonds is 3. The summed E-state index contributed by atoms with van der Waals surface area (Å²) >= 11 is 11.9. The van der Waals surface area contributed by atoms with Crippen LogP contribution >= 0.6 is 23.2 Å². The standard InChI is InChI=1S/C14H14Cl2N2O/c1-18(2)13-7-11(16)12(17)8-14(13)19-10-5-3-9(15)4-6-10/h3-8H,17H2,1-2H3. The van der Waals surface area contributed by atoms with Gasteiger partial charge in [0.1, 0.15) is 5.75 Å². The number of nitrogen functional groups attached to an aromatic ring is 1. The van der Waals surface area contributed by atoms with Crippen molar-refractivity contribution in [3.63, 3.8) is 0 Å². The second-order valence-electron chi connectivity index (χ2n) is 4.29. The number of halogens is 2. The highest BCUT2D eigenvalue weighted by Crippen LogP contribution is 2.37. The quantitative estimate of drug-likeness (QED) is 0.851. The van der Waals surface area contributed by atoms with E-state index in [1.165, 1.54) is 0 Å². The lowest BCUT2D eigenvalue weighted by Gasteiger charge is -2.19. The highest BCUT2D eigenvalue weighted by Gasteiger charge is 2.11. The van der Waals surface area contributed by atoms with E-state index in [4.69, 9.17) is 33.7 Å². The topological polar surface area (TPSA) is 38.5 Å². The van der Waals surface area contributed by atoms with Gasteiger partial charge in [0, 0.05) is 25.2 Å². The SMILES string of the molecule is CN(C)c1cc(Cl)c(N)cc1Oc1ccc(Cl)cc1. The van der Waals surface area contributed by atoms with Crippen molar-refractivity contribution >= 4 is 34.6 Å². The summed E-state index contributed by atoms with van der Waals surface area (Å²) in [4.78, 5) is 1.91. The average Bonchev–Trinajstić information content (AvgIpc) is 2.36. The molecule has 0 atom stereocenters. The Kier molecular flexibility index (Phi) is 4.08. The van der Waals surface area contributed by atoms with Crippen molar-refractivity contribution in [1.29, 1.82) is 0 Å². The van der Waals surface area contributed by atoms with Crippen LogP contribution in [0.15, 0.2) is 36.4 Å².